The second kappa shape index (κ2) is 7.81. The van der Waals surface area contributed by atoms with Gasteiger partial charge in [-0.3, -0.25) is 9.78 Å². The fourth-order valence-corrected chi connectivity index (χ4v) is 3.71. The van der Waals surface area contributed by atoms with E-state index in [1.54, 1.807) is 17.3 Å². The molecule has 1 aromatic rings. The Balaban J connectivity index is 1.96. The second-order valence-electron chi connectivity index (χ2n) is 6.74. The van der Waals surface area contributed by atoms with Crippen molar-refractivity contribution in [3.63, 3.8) is 0 Å². The van der Waals surface area contributed by atoms with E-state index in [9.17, 15) is 9.59 Å². The number of aromatic nitrogens is 1. The molecular weight excluding hydrogens is 312 g/mol. The van der Waals surface area contributed by atoms with Crippen LogP contribution in [0.3, 0.4) is 0 Å². The van der Waals surface area contributed by atoms with Gasteiger partial charge in [-0.25, -0.2) is 4.79 Å². The van der Waals surface area contributed by atoms with Gasteiger partial charge in [-0.05, 0) is 57.2 Å². The van der Waals surface area contributed by atoms with Crippen LogP contribution in [0.25, 0.3) is 0 Å². The van der Waals surface area contributed by atoms with E-state index in [-0.39, 0.29) is 11.3 Å². The number of carbonyl (C=O) groups excluding carboxylic acids is 2. The van der Waals surface area contributed by atoms with E-state index in [1.807, 2.05) is 32.9 Å². The molecule has 1 aromatic heterocycles. The molecule has 1 atom stereocenters. The molecular formula is C17H24N2O3S. The number of amides is 1. The Morgan fingerprint density at radius 1 is 1.35 bits per heavy atom. The summed E-state index contributed by atoms with van der Waals surface area (Å²) in [7, 11) is 0. The fraction of sp³-hybridized carbons (Fsp3) is 0.588. The lowest BCUT2D eigenvalue weighted by Crippen LogP contribution is -2.42. The van der Waals surface area contributed by atoms with Crippen LogP contribution in [0, 0.1) is 5.92 Å². The third-order valence-corrected chi connectivity index (χ3v) is 4.92. The normalized spacial score (nSPS) is 17.6. The van der Waals surface area contributed by atoms with Gasteiger partial charge in [0, 0.05) is 30.7 Å². The van der Waals surface area contributed by atoms with Crippen LogP contribution in [0.4, 0.5) is 4.79 Å². The molecule has 2 heterocycles. The lowest BCUT2D eigenvalue weighted by molar-refractivity contribution is 0.0183. The van der Waals surface area contributed by atoms with Crippen molar-refractivity contribution in [2.75, 3.05) is 13.1 Å². The van der Waals surface area contributed by atoms with Gasteiger partial charge in [0.15, 0.2) is 5.62 Å². The summed E-state index contributed by atoms with van der Waals surface area (Å²) < 4.78 is 5.42. The first-order valence-electron chi connectivity index (χ1n) is 7.87. The lowest BCUT2D eigenvalue weighted by Gasteiger charge is -2.36. The Hall–Kier alpha value is -1.56. The van der Waals surface area contributed by atoms with Crippen molar-refractivity contribution in [1.29, 1.82) is 0 Å². The minimum absolute atomic E-state index is 0.122. The maximum absolute atomic E-state index is 12.1. The number of rotatable bonds is 4. The van der Waals surface area contributed by atoms with E-state index in [4.69, 9.17) is 4.74 Å². The van der Waals surface area contributed by atoms with E-state index >= 15 is 0 Å². The monoisotopic (exact) mass is 336 g/mol. The molecule has 23 heavy (non-hydrogen) atoms. The molecule has 1 saturated heterocycles. The molecule has 0 saturated carbocycles. The minimum Gasteiger partial charge on any atom is -0.444 e. The summed E-state index contributed by atoms with van der Waals surface area (Å²) in [5.41, 5.74) is 1.56. The summed E-state index contributed by atoms with van der Waals surface area (Å²) in [5, 5.41) is 0.122. The van der Waals surface area contributed by atoms with Gasteiger partial charge in [0.25, 0.3) is 0 Å². The molecule has 0 spiro atoms. The number of hydrogen-bond acceptors (Lipinski definition) is 5. The molecule has 1 aliphatic rings. The molecule has 6 heteroatoms. The zero-order valence-electron chi connectivity index (χ0n) is 13.9. The van der Waals surface area contributed by atoms with Crippen molar-refractivity contribution in [2.24, 2.45) is 5.92 Å². The number of ether oxygens (including phenoxy) is 1. The Bertz CT molecular complexity index is 522. The van der Waals surface area contributed by atoms with E-state index < -0.39 is 5.60 Å². The maximum atomic E-state index is 12.1. The molecule has 0 bridgehead atoms. The Morgan fingerprint density at radius 3 is 2.48 bits per heavy atom. The highest BCUT2D eigenvalue weighted by Crippen LogP contribution is 2.39. The van der Waals surface area contributed by atoms with Crippen molar-refractivity contribution in [3.8, 4) is 0 Å². The van der Waals surface area contributed by atoms with Crippen LogP contribution in [0.1, 0.15) is 44.4 Å². The first-order valence-corrected chi connectivity index (χ1v) is 8.82. The van der Waals surface area contributed by atoms with Gasteiger partial charge >= 0.3 is 6.09 Å². The summed E-state index contributed by atoms with van der Waals surface area (Å²) >= 11 is 1.31. The van der Waals surface area contributed by atoms with E-state index in [1.165, 1.54) is 11.8 Å². The molecule has 2 rings (SSSR count). The van der Waals surface area contributed by atoms with Gasteiger partial charge in [0.1, 0.15) is 5.60 Å². The fourth-order valence-electron chi connectivity index (χ4n) is 2.79. The Morgan fingerprint density at radius 2 is 1.96 bits per heavy atom. The van der Waals surface area contributed by atoms with Gasteiger partial charge < -0.3 is 9.64 Å². The molecule has 1 amide bonds. The number of thioether (sulfide) groups is 1. The van der Waals surface area contributed by atoms with Gasteiger partial charge in [0.05, 0.1) is 0 Å². The molecule has 1 fully saturated rings. The van der Waals surface area contributed by atoms with E-state index in [0.717, 1.165) is 24.0 Å². The number of pyridine rings is 1. The minimum atomic E-state index is -0.471. The summed E-state index contributed by atoms with van der Waals surface area (Å²) in [4.78, 5) is 28.9. The SMILES string of the molecule is CC(C)(C)OC(=O)N1CCC(C(SC=O)c2ccncc2)CC1. The highest BCUT2D eigenvalue weighted by molar-refractivity contribution is 8.12. The highest BCUT2D eigenvalue weighted by atomic mass is 32.2. The Kier molecular flexibility index (Phi) is 6.04. The summed E-state index contributed by atoms with van der Waals surface area (Å²) in [6, 6.07) is 3.92. The van der Waals surface area contributed by atoms with Crippen molar-refractivity contribution in [3.05, 3.63) is 30.1 Å². The number of piperidine rings is 1. The first-order chi connectivity index (χ1) is 10.9. The highest BCUT2D eigenvalue weighted by Gasteiger charge is 2.31. The molecule has 126 valence electrons. The van der Waals surface area contributed by atoms with Crippen molar-refractivity contribution >= 4 is 23.5 Å². The van der Waals surface area contributed by atoms with Crippen LogP contribution in [0.15, 0.2) is 24.5 Å². The van der Waals surface area contributed by atoms with E-state index in [2.05, 4.69) is 4.98 Å². The predicted molar refractivity (Wildman–Crippen MR) is 91.9 cm³/mol. The van der Waals surface area contributed by atoms with Gasteiger partial charge in [0.2, 0.25) is 0 Å². The van der Waals surface area contributed by atoms with Crippen LogP contribution in [0.5, 0.6) is 0 Å². The number of likely N-dealkylation sites (tertiary alicyclic amines) is 1. The van der Waals surface area contributed by atoms with E-state index in [0.29, 0.717) is 19.0 Å². The van der Waals surface area contributed by atoms with Crippen LogP contribution < -0.4 is 0 Å². The van der Waals surface area contributed by atoms with Crippen molar-refractivity contribution in [1.82, 2.24) is 9.88 Å². The third kappa shape index (κ3) is 5.23. The largest absolute Gasteiger partial charge is 0.444 e. The van der Waals surface area contributed by atoms with Crippen LogP contribution in [-0.4, -0.2) is 40.3 Å². The molecule has 0 N–H and O–H groups in total. The van der Waals surface area contributed by atoms with Crippen molar-refractivity contribution < 1.29 is 14.3 Å². The molecule has 1 aliphatic heterocycles. The first kappa shape index (κ1) is 17.8. The van der Waals surface area contributed by atoms with Crippen LogP contribution in [-0.2, 0) is 9.53 Å². The second-order valence-corrected chi connectivity index (χ2v) is 7.71. The maximum Gasteiger partial charge on any atom is 0.410 e. The number of nitrogens with zero attached hydrogens (tertiary/aromatic N) is 2. The summed E-state index contributed by atoms with van der Waals surface area (Å²) in [5.74, 6) is 0.367. The summed E-state index contributed by atoms with van der Waals surface area (Å²) in [6.45, 7) is 6.95. The standard InChI is InChI=1S/C17H24N2O3S/c1-17(2,3)22-16(21)19-10-6-14(7-11-19)15(23-12-20)13-4-8-18-9-5-13/h4-5,8-9,12,14-15H,6-7,10-11H2,1-3H3. The third-order valence-electron chi connectivity index (χ3n) is 3.86. The molecule has 0 aromatic carbocycles. The molecule has 0 radical (unpaired) electrons. The zero-order valence-corrected chi connectivity index (χ0v) is 14.7. The smallest absolute Gasteiger partial charge is 0.410 e. The average Bonchev–Trinajstić information content (AvgIpc) is 2.52. The number of carbonyl (C=O) groups is 2. The zero-order chi connectivity index (χ0) is 16.9. The van der Waals surface area contributed by atoms with Gasteiger partial charge in [-0.1, -0.05) is 11.8 Å². The lowest BCUT2D eigenvalue weighted by atomic mass is 9.90. The average molecular weight is 336 g/mol. The topological polar surface area (TPSA) is 59.5 Å². The van der Waals surface area contributed by atoms with Crippen LogP contribution in [0.2, 0.25) is 0 Å². The van der Waals surface area contributed by atoms with Crippen molar-refractivity contribution in [2.45, 2.75) is 44.5 Å². The molecule has 5 nitrogen and oxygen atoms in total. The van der Waals surface area contributed by atoms with Gasteiger partial charge in [-0.2, -0.15) is 0 Å². The predicted octanol–water partition coefficient (Wildman–Crippen LogP) is 3.69. The molecule has 0 aliphatic carbocycles. The number of hydrogen-bond donors (Lipinski definition) is 0. The quantitative estimate of drug-likeness (QED) is 0.785. The summed E-state index contributed by atoms with van der Waals surface area (Å²) in [6.07, 6.45) is 4.99. The Labute approximate surface area is 141 Å². The van der Waals surface area contributed by atoms with Crippen LogP contribution >= 0.6 is 11.8 Å². The molecule has 1 unspecified atom stereocenters. The van der Waals surface area contributed by atoms with Gasteiger partial charge in [-0.15, -0.1) is 0 Å².